The van der Waals surface area contributed by atoms with Crippen molar-refractivity contribution in [1.82, 2.24) is 4.90 Å². The molecule has 1 saturated heterocycles. The fourth-order valence-electron chi connectivity index (χ4n) is 2.73. The van der Waals surface area contributed by atoms with Crippen LogP contribution in [0, 0.1) is 6.92 Å². The summed E-state index contributed by atoms with van der Waals surface area (Å²) in [6.45, 7) is 8.34. The maximum absolute atomic E-state index is 6.36. The maximum atomic E-state index is 6.36. The van der Waals surface area contributed by atoms with Gasteiger partial charge in [-0.15, -0.1) is 0 Å². The van der Waals surface area contributed by atoms with Gasteiger partial charge < -0.3 is 10.5 Å². The second kappa shape index (κ2) is 7.04. The van der Waals surface area contributed by atoms with Crippen molar-refractivity contribution in [2.24, 2.45) is 5.73 Å². The fourth-order valence-corrected chi connectivity index (χ4v) is 2.73. The van der Waals surface area contributed by atoms with E-state index in [9.17, 15) is 0 Å². The molecule has 0 aliphatic carbocycles. The number of ether oxygens (including phenoxy) is 1. The van der Waals surface area contributed by atoms with Gasteiger partial charge in [-0.25, -0.2) is 0 Å². The molecule has 0 amide bonds. The van der Waals surface area contributed by atoms with Gasteiger partial charge in [0.25, 0.3) is 0 Å². The van der Waals surface area contributed by atoms with Gasteiger partial charge in [-0.1, -0.05) is 31.2 Å². The monoisotopic (exact) mass is 262 g/mol. The average molecular weight is 262 g/mol. The van der Waals surface area contributed by atoms with Crippen LogP contribution in [0.5, 0.6) is 0 Å². The summed E-state index contributed by atoms with van der Waals surface area (Å²) in [7, 11) is 0. The molecule has 0 spiro atoms. The Morgan fingerprint density at radius 1 is 1.42 bits per heavy atom. The van der Waals surface area contributed by atoms with E-state index in [1.165, 1.54) is 17.5 Å². The molecule has 1 aliphatic heterocycles. The summed E-state index contributed by atoms with van der Waals surface area (Å²) in [4.78, 5) is 2.46. The first-order chi connectivity index (χ1) is 9.20. The lowest BCUT2D eigenvalue weighted by Crippen LogP contribution is -2.51. The summed E-state index contributed by atoms with van der Waals surface area (Å²) < 4.78 is 5.86. The van der Waals surface area contributed by atoms with Crippen LogP contribution in [0.25, 0.3) is 0 Å². The highest BCUT2D eigenvalue weighted by Gasteiger charge is 2.25. The van der Waals surface area contributed by atoms with Crippen LogP contribution in [0.1, 0.15) is 24.5 Å². The molecule has 1 aromatic rings. The van der Waals surface area contributed by atoms with E-state index >= 15 is 0 Å². The van der Waals surface area contributed by atoms with Gasteiger partial charge in [0.05, 0.1) is 12.7 Å². The molecule has 0 saturated carbocycles. The Bertz CT molecular complexity index is 392. The lowest BCUT2D eigenvalue weighted by molar-refractivity contribution is -0.0400. The van der Waals surface area contributed by atoms with Crippen molar-refractivity contribution in [3.63, 3.8) is 0 Å². The summed E-state index contributed by atoms with van der Waals surface area (Å²) >= 11 is 0. The Balaban J connectivity index is 1.92. The van der Waals surface area contributed by atoms with Crippen LogP contribution in [0.4, 0.5) is 0 Å². The van der Waals surface area contributed by atoms with Crippen LogP contribution in [0.3, 0.4) is 0 Å². The highest BCUT2D eigenvalue weighted by molar-refractivity contribution is 5.26. The molecule has 0 aromatic heterocycles. The van der Waals surface area contributed by atoms with E-state index in [2.05, 4.69) is 43.0 Å². The first kappa shape index (κ1) is 14.5. The molecule has 2 rings (SSSR count). The molecule has 3 heteroatoms. The third-order valence-corrected chi connectivity index (χ3v) is 3.91. The molecular formula is C16H26N2O. The van der Waals surface area contributed by atoms with Crippen molar-refractivity contribution < 1.29 is 4.74 Å². The summed E-state index contributed by atoms with van der Waals surface area (Å²) in [5.74, 6) is 0. The Morgan fingerprint density at radius 2 is 2.21 bits per heavy atom. The summed E-state index contributed by atoms with van der Waals surface area (Å²) in [5.41, 5.74) is 9.01. The van der Waals surface area contributed by atoms with Crippen molar-refractivity contribution in [2.75, 3.05) is 26.2 Å². The zero-order chi connectivity index (χ0) is 13.7. The molecule has 1 fully saturated rings. The van der Waals surface area contributed by atoms with Crippen LogP contribution in [0.2, 0.25) is 0 Å². The second-order valence-electron chi connectivity index (χ2n) is 5.50. The minimum atomic E-state index is 0.0840. The van der Waals surface area contributed by atoms with Gasteiger partial charge in [0.2, 0.25) is 0 Å². The summed E-state index contributed by atoms with van der Waals surface area (Å²) in [6, 6.07) is 8.56. The van der Waals surface area contributed by atoms with Gasteiger partial charge in [0.15, 0.2) is 0 Å². The predicted octanol–water partition coefficient (Wildman–Crippen LogP) is 1.98. The zero-order valence-corrected chi connectivity index (χ0v) is 12.1. The van der Waals surface area contributed by atoms with Crippen molar-refractivity contribution in [1.29, 1.82) is 0 Å². The largest absolute Gasteiger partial charge is 0.374 e. The van der Waals surface area contributed by atoms with E-state index in [1.54, 1.807) is 0 Å². The van der Waals surface area contributed by atoms with E-state index in [4.69, 9.17) is 10.5 Å². The molecule has 2 atom stereocenters. The van der Waals surface area contributed by atoms with Gasteiger partial charge in [0.1, 0.15) is 0 Å². The van der Waals surface area contributed by atoms with Crippen LogP contribution < -0.4 is 5.73 Å². The van der Waals surface area contributed by atoms with Crippen molar-refractivity contribution >= 4 is 0 Å². The lowest BCUT2D eigenvalue weighted by Gasteiger charge is -2.35. The molecule has 0 radical (unpaired) electrons. The van der Waals surface area contributed by atoms with E-state index in [-0.39, 0.29) is 12.1 Å². The number of nitrogens with two attached hydrogens (primary N) is 1. The minimum absolute atomic E-state index is 0.0840. The first-order valence-electron chi connectivity index (χ1n) is 7.34. The molecule has 1 heterocycles. The third kappa shape index (κ3) is 4.03. The first-order valence-corrected chi connectivity index (χ1v) is 7.34. The van der Waals surface area contributed by atoms with Crippen LogP contribution in [0.15, 0.2) is 24.3 Å². The molecule has 2 N–H and O–H groups in total. The van der Waals surface area contributed by atoms with Gasteiger partial charge in [-0.3, -0.25) is 4.90 Å². The Morgan fingerprint density at radius 3 is 2.95 bits per heavy atom. The number of benzene rings is 1. The SMILES string of the molecule is CCCN1CCOC(C(N)Cc2ccccc2C)C1. The van der Waals surface area contributed by atoms with Crippen molar-refractivity contribution in [3.8, 4) is 0 Å². The highest BCUT2D eigenvalue weighted by Crippen LogP contribution is 2.14. The Labute approximate surface area is 116 Å². The van der Waals surface area contributed by atoms with Crippen LogP contribution >= 0.6 is 0 Å². The quantitative estimate of drug-likeness (QED) is 0.882. The number of hydrogen-bond acceptors (Lipinski definition) is 3. The van der Waals surface area contributed by atoms with Gasteiger partial charge in [0, 0.05) is 19.1 Å². The smallest absolute Gasteiger partial charge is 0.0856 e. The number of nitrogens with zero attached hydrogens (tertiary/aromatic N) is 1. The second-order valence-corrected chi connectivity index (χ2v) is 5.50. The molecule has 19 heavy (non-hydrogen) atoms. The topological polar surface area (TPSA) is 38.5 Å². The molecule has 2 unspecified atom stereocenters. The molecule has 3 nitrogen and oxygen atoms in total. The molecule has 1 aliphatic rings. The van der Waals surface area contributed by atoms with Gasteiger partial charge >= 0.3 is 0 Å². The van der Waals surface area contributed by atoms with Gasteiger partial charge in [-0.2, -0.15) is 0 Å². The van der Waals surface area contributed by atoms with E-state index in [0.29, 0.717) is 0 Å². The minimum Gasteiger partial charge on any atom is -0.374 e. The average Bonchev–Trinajstić information content (AvgIpc) is 2.42. The predicted molar refractivity (Wildman–Crippen MR) is 79.3 cm³/mol. The number of rotatable bonds is 5. The normalized spacial score (nSPS) is 22.4. The maximum Gasteiger partial charge on any atom is 0.0856 e. The number of aryl methyl sites for hydroxylation is 1. The molecule has 106 valence electrons. The highest BCUT2D eigenvalue weighted by atomic mass is 16.5. The van der Waals surface area contributed by atoms with E-state index in [1.807, 2.05) is 0 Å². The van der Waals surface area contributed by atoms with Crippen LogP contribution in [-0.2, 0) is 11.2 Å². The van der Waals surface area contributed by atoms with Crippen molar-refractivity contribution in [3.05, 3.63) is 35.4 Å². The van der Waals surface area contributed by atoms with E-state index < -0.39 is 0 Å². The zero-order valence-electron chi connectivity index (χ0n) is 12.1. The molecular weight excluding hydrogens is 236 g/mol. The summed E-state index contributed by atoms with van der Waals surface area (Å²) in [5, 5.41) is 0. The van der Waals surface area contributed by atoms with Crippen molar-refractivity contribution in [2.45, 2.75) is 38.8 Å². The van der Waals surface area contributed by atoms with Crippen LogP contribution in [-0.4, -0.2) is 43.3 Å². The number of hydrogen-bond donors (Lipinski definition) is 1. The number of morpholine rings is 1. The summed E-state index contributed by atoms with van der Waals surface area (Å²) in [6.07, 6.45) is 2.26. The lowest BCUT2D eigenvalue weighted by atomic mass is 9.97. The molecule has 1 aromatic carbocycles. The van der Waals surface area contributed by atoms with Gasteiger partial charge in [-0.05, 0) is 37.4 Å². The Kier molecular flexibility index (Phi) is 5.37. The Hall–Kier alpha value is -0.900. The third-order valence-electron chi connectivity index (χ3n) is 3.91. The standard InChI is InChI=1S/C16H26N2O/c1-3-8-18-9-10-19-16(12-18)15(17)11-14-7-5-4-6-13(14)2/h4-7,15-16H,3,8-12,17H2,1-2H3. The van der Waals surface area contributed by atoms with E-state index in [0.717, 1.165) is 32.7 Å². The fraction of sp³-hybridized carbons (Fsp3) is 0.625. The molecule has 0 bridgehead atoms.